The molecule has 3 rings (SSSR count). The van der Waals surface area contributed by atoms with Crippen LogP contribution in [0.3, 0.4) is 0 Å². The molecule has 3 aromatic rings. The van der Waals surface area contributed by atoms with E-state index in [4.69, 9.17) is 23.4 Å². The van der Waals surface area contributed by atoms with Gasteiger partial charge in [0, 0.05) is 24.2 Å². The SMILES string of the molecule is CCN(CC)CCOc1cc2oc(-c3ccc(OC)c(OC)c3)cc(=O)c2c(O)c1OC. The van der Waals surface area contributed by atoms with Gasteiger partial charge in [0.25, 0.3) is 0 Å². The van der Waals surface area contributed by atoms with Crippen molar-refractivity contribution in [2.75, 3.05) is 47.6 Å². The number of benzene rings is 2. The quantitative estimate of drug-likeness (QED) is 0.504. The Bertz CT molecular complexity index is 1140. The molecule has 1 N–H and O–H groups in total. The lowest BCUT2D eigenvalue weighted by molar-refractivity contribution is 0.216. The standard InChI is InChI=1S/C24H29NO7/c1-6-25(7-2)10-11-31-21-14-20-22(23(27)24(21)30-5)16(26)13-18(32-20)15-8-9-17(28-3)19(12-15)29-4/h8-9,12-14,27H,6-7,10-11H2,1-5H3. The Kier molecular flexibility index (Phi) is 7.48. The number of likely N-dealkylation sites (N-methyl/N-ethyl adjacent to an activating group) is 1. The van der Waals surface area contributed by atoms with Crippen molar-refractivity contribution in [2.24, 2.45) is 0 Å². The maximum Gasteiger partial charge on any atom is 0.204 e. The van der Waals surface area contributed by atoms with Crippen LogP contribution in [-0.2, 0) is 0 Å². The van der Waals surface area contributed by atoms with Gasteiger partial charge < -0.3 is 33.4 Å². The molecule has 1 heterocycles. The molecule has 0 aliphatic rings. The minimum Gasteiger partial charge on any atom is -0.504 e. The summed E-state index contributed by atoms with van der Waals surface area (Å²) in [4.78, 5) is 15.1. The first-order chi connectivity index (χ1) is 15.5. The van der Waals surface area contributed by atoms with Gasteiger partial charge in [-0.25, -0.2) is 0 Å². The van der Waals surface area contributed by atoms with E-state index in [-0.39, 0.29) is 22.5 Å². The van der Waals surface area contributed by atoms with Gasteiger partial charge in [-0.15, -0.1) is 0 Å². The number of rotatable bonds is 10. The maximum absolute atomic E-state index is 12.9. The minimum atomic E-state index is -0.401. The van der Waals surface area contributed by atoms with Crippen molar-refractivity contribution in [3.63, 3.8) is 0 Å². The molecule has 172 valence electrons. The van der Waals surface area contributed by atoms with Crippen LogP contribution in [0, 0.1) is 0 Å². The summed E-state index contributed by atoms with van der Waals surface area (Å²) in [6, 6.07) is 8.10. The highest BCUT2D eigenvalue weighted by atomic mass is 16.5. The number of ether oxygens (including phenoxy) is 4. The lowest BCUT2D eigenvalue weighted by Crippen LogP contribution is -2.27. The van der Waals surface area contributed by atoms with E-state index in [1.807, 2.05) is 0 Å². The predicted molar refractivity (Wildman–Crippen MR) is 123 cm³/mol. The van der Waals surface area contributed by atoms with Crippen molar-refractivity contribution >= 4 is 11.0 Å². The van der Waals surface area contributed by atoms with Gasteiger partial charge in [-0.1, -0.05) is 13.8 Å². The number of fused-ring (bicyclic) bond motifs is 1. The Morgan fingerprint density at radius 1 is 0.938 bits per heavy atom. The van der Waals surface area contributed by atoms with Gasteiger partial charge in [0.1, 0.15) is 23.3 Å². The summed E-state index contributed by atoms with van der Waals surface area (Å²) in [6.45, 7) is 7.08. The van der Waals surface area contributed by atoms with Gasteiger partial charge in [-0.2, -0.15) is 0 Å². The summed E-state index contributed by atoms with van der Waals surface area (Å²) in [7, 11) is 4.49. The van der Waals surface area contributed by atoms with E-state index in [0.29, 0.717) is 41.7 Å². The number of nitrogens with zero attached hydrogens (tertiary/aromatic N) is 1. The zero-order valence-corrected chi connectivity index (χ0v) is 19.1. The maximum atomic E-state index is 12.9. The van der Waals surface area contributed by atoms with Crippen molar-refractivity contribution in [1.82, 2.24) is 4.90 Å². The van der Waals surface area contributed by atoms with Gasteiger partial charge in [0.2, 0.25) is 5.75 Å². The highest BCUT2D eigenvalue weighted by Gasteiger charge is 2.20. The third-order valence-electron chi connectivity index (χ3n) is 5.34. The third-order valence-corrected chi connectivity index (χ3v) is 5.34. The van der Waals surface area contributed by atoms with Gasteiger partial charge >= 0.3 is 0 Å². The number of hydrogen-bond donors (Lipinski definition) is 1. The smallest absolute Gasteiger partial charge is 0.204 e. The Hall–Kier alpha value is -3.39. The molecule has 0 unspecified atom stereocenters. The van der Waals surface area contributed by atoms with Crippen LogP contribution >= 0.6 is 0 Å². The number of hydrogen-bond acceptors (Lipinski definition) is 8. The first kappa shape index (κ1) is 23.3. The van der Waals surface area contributed by atoms with Crippen LogP contribution in [0.25, 0.3) is 22.3 Å². The van der Waals surface area contributed by atoms with Crippen molar-refractivity contribution in [3.05, 3.63) is 40.6 Å². The fourth-order valence-corrected chi connectivity index (χ4v) is 3.52. The van der Waals surface area contributed by atoms with Crippen LogP contribution < -0.4 is 24.4 Å². The first-order valence-electron chi connectivity index (χ1n) is 10.4. The van der Waals surface area contributed by atoms with Crippen LogP contribution in [0.1, 0.15) is 13.8 Å². The summed E-state index contributed by atoms with van der Waals surface area (Å²) < 4.78 is 27.8. The second-order valence-electron chi connectivity index (χ2n) is 7.05. The molecule has 0 bridgehead atoms. The largest absolute Gasteiger partial charge is 0.504 e. The minimum absolute atomic E-state index is 0.0298. The average Bonchev–Trinajstić information content (AvgIpc) is 2.81. The second kappa shape index (κ2) is 10.3. The second-order valence-corrected chi connectivity index (χ2v) is 7.05. The predicted octanol–water partition coefficient (Wildman–Crippen LogP) is 3.91. The molecule has 0 amide bonds. The Balaban J connectivity index is 2.06. The van der Waals surface area contributed by atoms with E-state index in [9.17, 15) is 9.90 Å². The van der Waals surface area contributed by atoms with E-state index < -0.39 is 5.43 Å². The first-order valence-corrected chi connectivity index (χ1v) is 10.4. The molecule has 32 heavy (non-hydrogen) atoms. The topological polar surface area (TPSA) is 90.6 Å². The Labute approximate surface area is 186 Å². The monoisotopic (exact) mass is 443 g/mol. The fourth-order valence-electron chi connectivity index (χ4n) is 3.52. The van der Waals surface area contributed by atoms with Gasteiger partial charge in [-0.05, 0) is 31.3 Å². The normalized spacial score (nSPS) is 11.1. The zero-order chi connectivity index (χ0) is 23.3. The van der Waals surface area contributed by atoms with Crippen LogP contribution in [0.5, 0.6) is 28.7 Å². The van der Waals surface area contributed by atoms with Crippen molar-refractivity contribution < 1.29 is 28.5 Å². The number of phenols is 1. The van der Waals surface area contributed by atoms with E-state index in [1.54, 1.807) is 31.4 Å². The van der Waals surface area contributed by atoms with E-state index in [1.165, 1.54) is 20.3 Å². The Morgan fingerprint density at radius 3 is 2.28 bits per heavy atom. The lowest BCUT2D eigenvalue weighted by Gasteiger charge is -2.19. The average molecular weight is 443 g/mol. The summed E-state index contributed by atoms with van der Waals surface area (Å²) >= 11 is 0. The highest BCUT2D eigenvalue weighted by molar-refractivity contribution is 5.89. The number of aromatic hydroxyl groups is 1. The summed E-state index contributed by atoms with van der Waals surface area (Å²) in [5.74, 6) is 1.48. The molecule has 0 fully saturated rings. The molecule has 0 saturated heterocycles. The van der Waals surface area contributed by atoms with Crippen LogP contribution in [0.15, 0.2) is 39.5 Å². The molecule has 8 heteroatoms. The van der Waals surface area contributed by atoms with Crippen LogP contribution in [0.4, 0.5) is 0 Å². The van der Waals surface area contributed by atoms with Gasteiger partial charge in [-0.3, -0.25) is 4.79 Å². The molecule has 0 aliphatic heterocycles. The molecule has 0 aliphatic carbocycles. The molecular weight excluding hydrogens is 414 g/mol. The summed E-state index contributed by atoms with van der Waals surface area (Å²) in [5.41, 5.74) is 0.418. The van der Waals surface area contributed by atoms with E-state index in [2.05, 4.69) is 18.7 Å². The molecule has 0 radical (unpaired) electrons. The van der Waals surface area contributed by atoms with Crippen LogP contribution in [0.2, 0.25) is 0 Å². The summed E-state index contributed by atoms with van der Waals surface area (Å²) in [5, 5.41) is 10.7. The molecule has 0 saturated carbocycles. The molecular formula is C24H29NO7. The Morgan fingerprint density at radius 2 is 1.66 bits per heavy atom. The molecule has 0 atom stereocenters. The van der Waals surface area contributed by atoms with Crippen molar-refractivity contribution in [1.29, 1.82) is 0 Å². The van der Waals surface area contributed by atoms with E-state index in [0.717, 1.165) is 13.1 Å². The number of phenolic OH excluding ortho intramolecular Hbond substituents is 1. The van der Waals surface area contributed by atoms with Crippen molar-refractivity contribution in [2.45, 2.75) is 13.8 Å². The zero-order valence-electron chi connectivity index (χ0n) is 19.1. The summed E-state index contributed by atoms with van der Waals surface area (Å²) in [6.07, 6.45) is 0. The molecule has 1 aromatic heterocycles. The van der Waals surface area contributed by atoms with Gasteiger partial charge in [0.05, 0.1) is 21.3 Å². The molecule has 0 spiro atoms. The van der Waals surface area contributed by atoms with Gasteiger partial charge in [0.15, 0.2) is 28.4 Å². The number of methoxy groups -OCH3 is 3. The molecule has 8 nitrogen and oxygen atoms in total. The van der Waals surface area contributed by atoms with Crippen LogP contribution in [-0.4, -0.2) is 57.6 Å². The highest BCUT2D eigenvalue weighted by Crippen LogP contribution is 2.42. The third kappa shape index (κ3) is 4.60. The lowest BCUT2D eigenvalue weighted by atomic mass is 10.1. The fraction of sp³-hybridized carbons (Fsp3) is 0.375. The molecule has 2 aromatic carbocycles. The van der Waals surface area contributed by atoms with E-state index >= 15 is 0 Å². The van der Waals surface area contributed by atoms with Crippen molar-refractivity contribution in [3.8, 4) is 40.1 Å².